The van der Waals surface area contributed by atoms with Crippen LogP contribution in [-0.2, 0) is 16.6 Å². The van der Waals surface area contributed by atoms with E-state index >= 15 is 0 Å². The van der Waals surface area contributed by atoms with Crippen LogP contribution >= 0.6 is 0 Å². The Bertz CT molecular complexity index is 842. The first-order valence-corrected chi connectivity index (χ1v) is 8.23. The van der Waals surface area contributed by atoms with Gasteiger partial charge in [-0.1, -0.05) is 54.6 Å². The van der Waals surface area contributed by atoms with Gasteiger partial charge in [-0.25, -0.2) is 5.01 Å². The van der Waals surface area contributed by atoms with Crippen molar-refractivity contribution in [2.45, 2.75) is 18.3 Å². The molecule has 1 saturated carbocycles. The largest absolute Gasteiger partial charge is 0.273 e. The minimum atomic E-state index is -0.0207. The van der Waals surface area contributed by atoms with Crippen molar-refractivity contribution in [2.24, 2.45) is 16.9 Å². The Balaban J connectivity index is 1.67. The minimum Gasteiger partial charge on any atom is -0.273 e. The quantitative estimate of drug-likeness (QED) is 0.797. The molecule has 0 aromatic heterocycles. The summed E-state index contributed by atoms with van der Waals surface area (Å²) in [4.78, 5) is 12.7. The second-order valence-electron chi connectivity index (χ2n) is 6.87. The van der Waals surface area contributed by atoms with Gasteiger partial charge in [-0.2, -0.15) is 5.10 Å². The number of carbonyl (C=O) groups excluding carboxylic acids is 1. The molecule has 0 unspecified atom stereocenters. The summed E-state index contributed by atoms with van der Waals surface area (Å²) in [5.41, 5.74) is 4.98. The first kappa shape index (κ1) is 13.1. The standard InChI is InChI=1S/C20H18N2O/c1-22-19(23)17-16(18(21-22)14-8-3-2-4-9-14)20(17)12-11-13-7-5-6-10-15(13)20/h2-10,16-17H,11-12H2,1H3/t16-,17+,20-/m0/s1. The molecule has 1 aliphatic heterocycles. The molecular weight excluding hydrogens is 284 g/mol. The van der Waals surface area contributed by atoms with Crippen LogP contribution in [0.15, 0.2) is 59.7 Å². The van der Waals surface area contributed by atoms with Crippen LogP contribution in [0.4, 0.5) is 0 Å². The number of nitrogens with zero attached hydrogens (tertiary/aromatic N) is 2. The van der Waals surface area contributed by atoms with Crippen LogP contribution in [0.5, 0.6) is 0 Å². The minimum absolute atomic E-state index is 0.0207. The molecule has 0 radical (unpaired) electrons. The maximum Gasteiger partial charge on any atom is 0.247 e. The van der Waals surface area contributed by atoms with Crippen molar-refractivity contribution >= 4 is 11.6 Å². The Kier molecular flexibility index (Phi) is 2.45. The number of hydrogen-bond donors (Lipinski definition) is 0. The smallest absolute Gasteiger partial charge is 0.247 e. The number of benzene rings is 2. The first-order chi connectivity index (χ1) is 11.2. The molecule has 114 valence electrons. The highest BCUT2D eigenvalue weighted by molar-refractivity contribution is 6.12. The van der Waals surface area contributed by atoms with Gasteiger partial charge in [-0.05, 0) is 29.5 Å². The average Bonchev–Trinajstić information content (AvgIpc) is 3.11. The van der Waals surface area contributed by atoms with E-state index in [2.05, 4.69) is 41.5 Å². The van der Waals surface area contributed by atoms with Crippen LogP contribution in [0, 0.1) is 11.8 Å². The molecule has 1 heterocycles. The predicted octanol–water partition coefficient (Wildman–Crippen LogP) is 2.99. The van der Waals surface area contributed by atoms with Gasteiger partial charge in [0.1, 0.15) is 0 Å². The lowest BCUT2D eigenvalue weighted by molar-refractivity contribution is -0.132. The first-order valence-electron chi connectivity index (χ1n) is 8.23. The van der Waals surface area contributed by atoms with Crippen molar-refractivity contribution < 1.29 is 4.79 Å². The Hall–Kier alpha value is -2.42. The fourth-order valence-corrected chi connectivity index (χ4v) is 4.84. The molecule has 0 saturated heterocycles. The van der Waals surface area contributed by atoms with Crippen molar-refractivity contribution in [2.75, 3.05) is 7.05 Å². The highest BCUT2D eigenvalue weighted by Crippen LogP contribution is 2.68. The third-order valence-corrected chi connectivity index (χ3v) is 5.87. The molecular formula is C20H18N2O. The van der Waals surface area contributed by atoms with E-state index in [4.69, 9.17) is 0 Å². The summed E-state index contributed by atoms with van der Waals surface area (Å²) in [5, 5.41) is 6.20. The van der Waals surface area contributed by atoms with E-state index in [1.165, 1.54) is 11.1 Å². The molecule has 2 aliphatic carbocycles. The van der Waals surface area contributed by atoms with Gasteiger partial charge in [0.05, 0.1) is 11.6 Å². The number of hydrazone groups is 1. The summed E-state index contributed by atoms with van der Waals surface area (Å²) >= 11 is 0. The topological polar surface area (TPSA) is 32.7 Å². The fourth-order valence-electron chi connectivity index (χ4n) is 4.84. The molecule has 0 N–H and O–H groups in total. The summed E-state index contributed by atoms with van der Waals surface area (Å²) in [7, 11) is 1.79. The number of fused-ring (bicyclic) bond motifs is 5. The second kappa shape index (κ2) is 4.31. The maximum atomic E-state index is 12.7. The van der Waals surface area contributed by atoms with Gasteiger partial charge in [0, 0.05) is 18.4 Å². The van der Waals surface area contributed by atoms with Crippen LogP contribution in [0.25, 0.3) is 0 Å². The summed E-state index contributed by atoms with van der Waals surface area (Å²) in [6.45, 7) is 0. The van der Waals surface area contributed by atoms with Crippen molar-refractivity contribution in [3.05, 3.63) is 71.3 Å². The zero-order valence-corrected chi connectivity index (χ0v) is 13.1. The van der Waals surface area contributed by atoms with Crippen LogP contribution in [0.3, 0.4) is 0 Å². The molecule has 1 spiro atoms. The Labute approximate surface area is 135 Å². The van der Waals surface area contributed by atoms with Crippen molar-refractivity contribution in [3.63, 3.8) is 0 Å². The molecule has 0 bridgehead atoms. The number of rotatable bonds is 1. The molecule has 3 aliphatic rings. The number of carbonyl (C=O) groups is 1. The van der Waals surface area contributed by atoms with Gasteiger partial charge >= 0.3 is 0 Å². The van der Waals surface area contributed by atoms with Crippen LogP contribution in [-0.4, -0.2) is 23.7 Å². The number of aryl methyl sites for hydroxylation is 1. The Morgan fingerprint density at radius 1 is 1.04 bits per heavy atom. The summed E-state index contributed by atoms with van der Waals surface area (Å²) in [6, 6.07) is 18.9. The molecule has 5 rings (SSSR count). The SMILES string of the molecule is CN1N=C(c2ccccc2)[C@@H]2[C@H](C1=O)[C@]21CCc2ccccc21. The highest BCUT2D eigenvalue weighted by Gasteiger charge is 2.73. The van der Waals surface area contributed by atoms with E-state index in [1.54, 1.807) is 12.1 Å². The van der Waals surface area contributed by atoms with Crippen LogP contribution in [0.1, 0.15) is 23.1 Å². The van der Waals surface area contributed by atoms with Gasteiger partial charge in [-0.3, -0.25) is 4.79 Å². The molecule has 3 nitrogen and oxygen atoms in total. The zero-order chi connectivity index (χ0) is 15.6. The van der Waals surface area contributed by atoms with Crippen molar-refractivity contribution in [3.8, 4) is 0 Å². The van der Waals surface area contributed by atoms with Gasteiger partial charge < -0.3 is 0 Å². The normalized spacial score (nSPS) is 30.9. The Morgan fingerprint density at radius 3 is 2.61 bits per heavy atom. The fraction of sp³-hybridized carbons (Fsp3) is 0.300. The Morgan fingerprint density at radius 2 is 1.78 bits per heavy atom. The van der Waals surface area contributed by atoms with E-state index in [1.807, 2.05) is 18.2 Å². The number of hydrogen-bond acceptors (Lipinski definition) is 2. The molecule has 1 fully saturated rings. The third-order valence-electron chi connectivity index (χ3n) is 5.87. The maximum absolute atomic E-state index is 12.7. The lowest BCUT2D eigenvalue weighted by atomic mass is 9.91. The van der Waals surface area contributed by atoms with E-state index in [0.717, 1.165) is 24.1 Å². The second-order valence-corrected chi connectivity index (χ2v) is 6.87. The van der Waals surface area contributed by atoms with Crippen molar-refractivity contribution in [1.29, 1.82) is 0 Å². The van der Waals surface area contributed by atoms with E-state index in [-0.39, 0.29) is 23.2 Å². The van der Waals surface area contributed by atoms with Gasteiger partial charge in [0.15, 0.2) is 0 Å². The van der Waals surface area contributed by atoms with Gasteiger partial charge in [0.2, 0.25) is 5.91 Å². The lowest BCUT2D eigenvalue weighted by Gasteiger charge is -2.18. The molecule has 2 aromatic rings. The van der Waals surface area contributed by atoms with Gasteiger partial charge in [0.25, 0.3) is 0 Å². The summed E-state index contributed by atoms with van der Waals surface area (Å²) in [5.74, 6) is 0.465. The molecule has 1 amide bonds. The summed E-state index contributed by atoms with van der Waals surface area (Å²) < 4.78 is 0. The lowest BCUT2D eigenvalue weighted by Crippen LogP contribution is -2.31. The molecule has 3 heteroatoms. The third kappa shape index (κ3) is 1.55. The molecule has 2 aromatic carbocycles. The van der Waals surface area contributed by atoms with Crippen molar-refractivity contribution in [1.82, 2.24) is 5.01 Å². The predicted molar refractivity (Wildman–Crippen MR) is 89.2 cm³/mol. The zero-order valence-electron chi connectivity index (χ0n) is 13.1. The average molecular weight is 302 g/mol. The molecule has 3 atom stereocenters. The van der Waals surface area contributed by atoms with E-state index in [9.17, 15) is 4.79 Å². The van der Waals surface area contributed by atoms with Crippen LogP contribution < -0.4 is 0 Å². The van der Waals surface area contributed by atoms with Crippen LogP contribution in [0.2, 0.25) is 0 Å². The van der Waals surface area contributed by atoms with E-state index in [0.29, 0.717) is 0 Å². The van der Waals surface area contributed by atoms with Gasteiger partial charge in [-0.15, -0.1) is 0 Å². The van der Waals surface area contributed by atoms with E-state index < -0.39 is 0 Å². The monoisotopic (exact) mass is 302 g/mol. The highest BCUT2D eigenvalue weighted by atomic mass is 16.2. The number of amides is 1. The molecule has 23 heavy (non-hydrogen) atoms. The summed E-state index contributed by atoms with van der Waals surface area (Å²) in [6.07, 6.45) is 2.13.